The Morgan fingerprint density at radius 1 is 1.42 bits per heavy atom. The van der Waals surface area contributed by atoms with E-state index in [2.05, 4.69) is 15.6 Å². The van der Waals surface area contributed by atoms with Crippen LogP contribution in [0.4, 0.5) is 16.3 Å². The second kappa shape index (κ2) is 6.43. The fraction of sp³-hybridized carbons (Fsp3) is 0.364. The van der Waals surface area contributed by atoms with E-state index in [1.54, 1.807) is 14.1 Å². The predicted octanol–water partition coefficient (Wildman–Crippen LogP) is 0.0451. The molecule has 0 bridgehead atoms. The first kappa shape index (κ1) is 14.6. The number of nitrogens with one attached hydrogen (secondary N) is 2. The summed E-state index contributed by atoms with van der Waals surface area (Å²) in [6.07, 6.45) is 1.22. The number of nitrogen functional groups attached to an aromatic ring is 1. The third-order valence-corrected chi connectivity index (χ3v) is 2.26. The highest BCUT2D eigenvalue weighted by atomic mass is 16.4. The van der Waals surface area contributed by atoms with Gasteiger partial charge >= 0.3 is 12.0 Å². The molecule has 0 spiro atoms. The van der Waals surface area contributed by atoms with Gasteiger partial charge < -0.3 is 26.4 Å². The number of anilines is 2. The van der Waals surface area contributed by atoms with Gasteiger partial charge in [-0.2, -0.15) is 0 Å². The first-order valence-corrected chi connectivity index (χ1v) is 5.59. The molecular weight excluding hydrogens is 250 g/mol. The molecule has 0 aliphatic heterocycles. The highest BCUT2D eigenvalue weighted by molar-refractivity contribution is 5.89. The van der Waals surface area contributed by atoms with Crippen LogP contribution in [0.15, 0.2) is 12.3 Å². The minimum absolute atomic E-state index is 0.0314. The first-order valence-electron chi connectivity index (χ1n) is 5.59. The molecule has 5 N–H and O–H groups in total. The van der Waals surface area contributed by atoms with Crippen molar-refractivity contribution in [2.75, 3.05) is 38.2 Å². The number of rotatable bonds is 5. The Kier molecular flexibility index (Phi) is 4.92. The number of hydrogen-bond donors (Lipinski definition) is 4. The highest BCUT2D eigenvalue weighted by Crippen LogP contribution is 2.15. The summed E-state index contributed by atoms with van der Waals surface area (Å²) in [5.41, 5.74) is 5.95. The summed E-state index contributed by atoms with van der Waals surface area (Å²) in [6, 6.07) is 1.14. The second-order valence-electron chi connectivity index (χ2n) is 4.02. The molecule has 8 heteroatoms. The standard InChI is InChI=1S/C11H17N5O3/c1-16(2)11(19)14-4-3-13-9-8(12)5-7(6-15-9)10(17)18/h5-6H,3-4,12H2,1-2H3,(H,13,15)(H,14,19)(H,17,18). The van der Waals surface area contributed by atoms with Gasteiger partial charge in [0.05, 0.1) is 11.3 Å². The normalized spacial score (nSPS) is 9.79. The summed E-state index contributed by atoms with van der Waals surface area (Å²) in [4.78, 5) is 27.3. The molecular formula is C11H17N5O3. The van der Waals surface area contributed by atoms with Crippen LogP contribution in [-0.4, -0.2) is 54.2 Å². The van der Waals surface area contributed by atoms with Crippen LogP contribution in [0.2, 0.25) is 0 Å². The van der Waals surface area contributed by atoms with Gasteiger partial charge in [0.2, 0.25) is 0 Å². The Morgan fingerprint density at radius 2 is 2.11 bits per heavy atom. The van der Waals surface area contributed by atoms with Crippen LogP contribution >= 0.6 is 0 Å². The van der Waals surface area contributed by atoms with Gasteiger partial charge in [0.15, 0.2) is 0 Å². The van der Waals surface area contributed by atoms with Crippen molar-refractivity contribution in [1.29, 1.82) is 0 Å². The van der Waals surface area contributed by atoms with E-state index in [-0.39, 0.29) is 17.3 Å². The summed E-state index contributed by atoms with van der Waals surface area (Å²) in [5.74, 6) is -0.687. The molecule has 2 amide bonds. The zero-order valence-corrected chi connectivity index (χ0v) is 10.8. The summed E-state index contributed by atoms with van der Waals surface area (Å²) < 4.78 is 0. The number of aromatic nitrogens is 1. The number of pyridine rings is 1. The van der Waals surface area contributed by atoms with Crippen LogP contribution in [0.25, 0.3) is 0 Å². The van der Waals surface area contributed by atoms with Crippen LogP contribution in [0, 0.1) is 0 Å². The van der Waals surface area contributed by atoms with Gasteiger partial charge in [-0.15, -0.1) is 0 Å². The van der Waals surface area contributed by atoms with Crippen molar-refractivity contribution in [2.24, 2.45) is 0 Å². The summed E-state index contributed by atoms with van der Waals surface area (Å²) in [5, 5.41) is 14.3. The molecule has 1 heterocycles. The molecule has 0 saturated heterocycles. The van der Waals surface area contributed by atoms with Gasteiger partial charge in [-0.1, -0.05) is 0 Å². The Morgan fingerprint density at radius 3 is 2.63 bits per heavy atom. The van der Waals surface area contributed by atoms with Crippen molar-refractivity contribution < 1.29 is 14.7 Å². The molecule has 0 radical (unpaired) electrons. The Hall–Kier alpha value is -2.51. The highest BCUT2D eigenvalue weighted by Gasteiger charge is 2.07. The fourth-order valence-corrected chi connectivity index (χ4v) is 1.25. The summed E-state index contributed by atoms with van der Waals surface area (Å²) in [7, 11) is 3.29. The van der Waals surface area contributed by atoms with E-state index in [4.69, 9.17) is 10.8 Å². The number of carbonyl (C=O) groups excluding carboxylic acids is 1. The Labute approximate surface area is 110 Å². The maximum absolute atomic E-state index is 11.2. The molecule has 8 nitrogen and oxygen atoms in total. The third-order valence-electron chi connectivity index (χ3n) is 2.26. The van der Waals surface area contributed by atoms with E-state index < -0.39 is 5.97 Å². The van der Waals surface area contributed by atoms with Crippen molar-refractivity contribution in [2.45, 2.75) is 0 Å². The summed E-state index contributed by atoms with van der Waals surface area (Å²) >= 11 is 0. The smallest absolute Gasteiger partial charge is 0.337 e. The molecule has 1 rings (SSSR count). The predicted molar refractivity (Wildman–Crippen MR) is 71.2 cm³/mol. The number of carbonyl (C=O) groups is 2. The van der Waals surface area contributed by atoms with Crippen LogP contribution in [-0.2, 0) is 0 Å². The van der Waals surface area contributed by atoms with Crippen LogP contribution < -0.4 is 16.4 Å². The lowest BCUT2D eigenvalue weighted by molar-refractivity contribution is 0.0696. The number of hydrogen-bond acceptors (Lipinski definition) is 5. The van der Waals surface area contributed by atoms with E-state index in [0.717, 1.165) is 0 Å². The molecule has 0 fully saturated rings. The van der Waals surface area contributed by atoms with Gasteiger partial charge in [0.1, 0.15) is 5.82 Å². The molecule has 0 saturated carbocycles. The molecule has 1 aromatic heterocycles. The van der Waals surface area contributed by atoms with Crippen molar-refractivity contribution >= 4 is 23.5 Å². The first-order chi connectivity index (χ1) is 8.91. The molecule has 104 valence electrons. The van der Waals surface area contributed by atoms with Crippen LogP contribution in [0.1, 0.15) is 10.4 Å². The topological polar surface area (TPSA) is 121 Å². The maximum Gasteiger partial charge on any atom is 0.337 e. The maximum atomic E-state index is 11.2. The lowest BCUT2D eigenvalue weighted by Gasteiger charge is -2.13. The molecule has 19 heavy (non-hydrogen) atoms. The molecule has 0 atom stereocenters. The van der Waals surface area contributed by atoms with Crippen molar-refractivity contribution in [3.8, 4) is 0 Å². The largest absolute Gasteiger partial charge is 0.478 e. The van der Waals surface area contributed by atoms with Gasteiger partial charge in [-0.3, -0.25) is 0 Å². The zero-order valence-electron chi connectivity index (χ0n) is 10.8. The van der Waals surface area contributed by atoms with E-state index in [9.17, 15) is 9.59 Å². The molecule has 1 aromatic rings. The monoisotopic (exact) mass is 267 g/mol. The fourth-order valence-electron chi connectivity index (χ4n) is 1.25. The molecule has 0 aromatic carbocycles. The number of urea groups is 1. The average molecular weight is 267 g/mol. The Bertz CT molecular complexity index is 475. The lowest BCUT2D eigenvalue weighted by atomic mass is 10.2. The van der Waals surface area contributed by atoms with E-state index in [1.165, 1.54) is 17.2 Å². The molecule has 0 aliphatic rings. The number of aromatic carboxylic acids is 1. The SMILES string of the molecule is CN(C)C(=O)NCCNc1ncc(C(=O)O)cc1N. The number of nitrogens with two attached hydrogens (primary N) is 1. The van der Waals surface area contributed by atoms with Gasteiger partial charge in [-0.05, 0) is 6.07 Å². The zero-order chi connectivity index (χ0) is 14.4. The number of carboxylic acids is 1. The van der Waals surface area contributed by atoms with Gasteiger partial charge in [0, 0.05) is 33.4 Å². The van der Waals surface area contributed by atoms with E-state index in [0.29, 0.717) is 18.9 Å². The minimum atomic E-state index is -1.08. The number of nitrogens with zero attached hydrogens (tertiary/aromatic N) is 2. The van der Waals surface area contributed by atoms with Crippen LogP contribution in [0.3, 0.4) is 0 Å². The lowest BCUT2D eigenvalue weighted by Crippen LogP contribution is -2.37. The van der Waals surface area contributed by atoms with Gasteiger partial charge in [-0.25, -0.2) is 14.6 Å². The van der Waals surface area contributed by atoms with E-state index >= 15 is 0 Å². The average Bonchev–Trinajstić information content (AvgIpc) is 2.35. The second-order valence-corrected chi connectivity index (χ2v) is 4.02. The van der Waals surface area contributed by atoms with Gasteiger partial charge in [0.25, 0.3) is 0 Å². The number of carboxylic acid groups (broad SMARTS) is 1. The number of amides is 2. The quantitative estimate of drug-likeness (QED) is 0.559. The van der Waals surface area contributed by atoms with Crippen molar-refractivity contribution in [3.63, 3.8) is 0 Å². The van der Waals surface area contributed by atoms with Crippen LogP contribution in [0.5, 0.6) is 0 Å². The van der Waals surface area contributed by atoms with Crippen molar-refractivity contribution in [1.82, 2.24) is 15.2 Å². The summed E-state index contributed by atoms with van der Waals surface area (Å²) in [6.45, 7) is 0.835. The third kappa shape index (κ3) is 4.34. The minimum Gasteiger partial charge on any atom is -0.478 e. The molecule has 0 aliphatic carbocycles. The van der Waals surface area contributed by atoms with Crippen molar-refractivity contribution in [3.05, 3.63) is 17.8 Å². The van der Waals surface area contributed by atoms with E-state index in [1.807, 2.05) is 0 Å². The Balaban J connectivity index is 2.46. The molecule has 0 unspecified atom stereocenters.